The number of aromatic nitrogens is 1. The minimum absolute atomic E-state index is 0.0291. The summed E-state index contributed by atoms with van der Waals surface area (Å²) in [6.45, 7) is -0.731. The lowest BCUT2D eigenvalue weighted by atomic mass is 10.0. The second-order valence-corrected chi connectivity index (χ2v) is 11.9. The van der Waals surface area contributed by atoms with Crippen LogP contribution < -0.4 is 26.6 Å². The maximum absolute atomic E-state index is 13.4. The van der Waals surface area contributed by atoms with Crippen LogP contribution in [0.15, 0.2) is 96.2 Å². The quantitative estimate of drug-likeness (QED) is 0.136. The number of hydrogen-bond donors (Lipinski definition) is 5. The first-order chi connectivity index (χ1) is 24.2. The molecule has 1 unspecified atom stereocenters. The number of anilines is 1. The maximum Gasteiger partial charge on any atom is 0.330 e. The third kappa shape index (κ3) is 10.00. The van der Waals surface area contributed by atoms with Gasteiger partial charge in [0.1, 0.15) is 18.8 Å². The zero-order chi connectivity index (χ0) is 35.5. The van der Waals surface area contributed by atoms with Gasteiger partial charge in [0, 0.05) is 35.8 Å². The van der Waals surface area contributed by atoms with Crippen LogP contribution in [0.3, 0.4) is 0 Å². The molecule has 0 fully saturated rings. The minimum atomic E-state index is -1.34. The first-order valence-corrected chi connectivity index (χ1v) is 16.2. The molecule has 3 aromatic carbocycles. The van der Waals surface area contributed by atoms with Crippen molar-refractivity contribution in [3.63, 3.8) is 0 Å². The van der Waals surface area contributed by atoms with Crippen molar-refractivity contribution in [2.45, 2.75) is 18.8 Å². The zero-order valence-electron chi connectivity index (χ0n) is 26.4. The average molecular weight is 721 g/mol. The number of nitrogens with one attached hydrogen (secondary N) is 5. The monoisotopic (exact) mass is 719 g/mol. The molecule has 2 heterocycles. The Morgan fingerprint density at radius 1 is 0.920 bits per heavy atom. The summed E-state index contributed by atoms with van der Waals surface area (Å²) < 4.78 is 18.8. The van der Waals surface area contributed by atoms with E-state index in [-0.39, 0.29) is 47.4 Å². The number of carbonyl (C=O) groups is 4. The van der Waals surface area contributed by atoms with Crippen LogP contribution in [0.2, 0.25) is 10.0 Å². The Balaban J connectivity index is 1.21. The maximum atomic E-state index is 13.4. The van der Waals surface area contributed by atoms with Gasteiger partial charge in [0.15, 0.2) is 5.96 Å². The molecule has 258 valence electrons. The Morgan fingerprint density at radius 2 is 1.70 bits per heavy atom. The number of alkyl halides is 1. The van der Waals surface area contributed by atoms with Gasteiger partial charge in [-0.15, -0.1) is 0 Å². The standard InChI is InChI=1S/C35H32Cl2FN7O5/c36-27-13-24(23-9-5-11-39-15-23)14-28(37)31(27)33(48)45-29(34(49)50-20-21-6-2-1-3-7-21)18-40-30(46)19-41-32(47)22-8-4-10-26(12-22)44-35-42-16-25(38)17-43-35/h1-15,25,29H,16-20H2,(H,40,46)(H,41,47)(H,45,48)(H2,42,43,44)/t29-/m0/s1. The van der Waals surface area contributed by atoms with E-state index < -0.39 is 42.4 Å². The van der Waals surface area contributed by atoms with Crippen molar-refractivity contribution in [1.82, 2.24) is 26.3 Å². The first kappa shape index (κ1) is 35.8. The number of aliphatic imine (C=N–C) groups is 1. The zero-order valence-corrected chi connectivity index (χ0v) is 27.9. The van der Waals surface area contributed by atoms with E-state index in [4.69, 9.17) is 27.9 Å². The number of guanidine groups is 1. The van der Waals surface area contributed by atoms with Gasteiger partial charge in [-0.3, -0.25) is 19.4 Å². The van der Waals surface area contributed by atoms with Crippen LogP contribution in [-0.4, -0.2) is 73.0 Å². The van der Waals surface area contributed by atoms with Gasteiger partial charge in [-0.1, -0.05) is 65.7 Å². The van der Waals surface area contributed by atoms with Gasteiger partial charge in [0.05, 0.1) is 35.2 Å². The summed E-state index contributed by atoms with van der Waals surface area (Å²) in [4.78, 5) is 60.3. The SMILES string of the molecule is O=C(CNC(=O)c1cccc(NC2=NCC(F)CN2)c1)NC[C@H](NC(=O)c1c(Cl)cc(-c2cccnc2)cc1Cl)C(=O)OCc1ccccc1. The summed E-state index contributed by atoms with van der Waals surface area (Å²) in [5.74, 6) is -2.40. The van der Waals surface area contributed by atoms with E-state index >= 15 is 0 Å². The van der Waals surface area contributed by atoms with E-state index in [9.17, 15) is 23.6 Å². The van der Waals surface area contributed by atoms with Crippen LogP contribution >= 0.6 is 23.2 Å². The lowest BCUT2D eigenvalue weighted by Crippen LogP contribution is -2.50. The Bertz CT molecular complexity index is 1860. The van der Waals surface area contributed by atoms with E-state index in [0.29, 0.717) is 22.8 Å². The molecule has 0 saturated heterocycles. The fourth-order valence-electron chi connectivity index (χ4n) is 4.76. The van der Waals surface area contributed by atoms with Gasteiger partial charge < -0.3 is 31.3 Å². The summed E-state index contributed by atoms with van der Waals surface area (Å²) in [5, 5.41) is 13.5. The van der Waals surface area contributed by atoms with Crippen LogP contribution in [0.5, 0.6) is 0 Å². The van der Waals surface area contributed by atoms with Gasteiger partial charge in [0.25, 0.3) is 11.8 Å². The second-order valence-electron chi connectivity index (χ2n) is 11.0. The molecule has 0 saturated carbocycles. The third-order valence-electron chi connectivity index (χ3n) is 7.32. The molecular weight excluding hydrogens is 688 g/mol. The first-order valence-electron chi connectivity index (χ1n) is 15.4. The Hall–Kier alpha value is -5.53. The van der Waals surface area contributed by atoms with Crippen LogP contribution in [0, 0.1) is 0 Å². The number of amides is 3. The van der Waals surface area contributed by atoms with E-state index in [2.05, 4.69) is 36.6 Å². The number of pyridine rings is 1. The number of carbonyl (C=O) groups excluding carboxylic acids is 4. The number of rotatable bonds is 12. The van der Waals surface area contributed by atoms with Crippen molar-refractivity contribution in [2.24, 2.45) is 4.99 Å². The van der Waals surface area contributed by atoms with Gasteiger partial charge in [-0.05, 0) is 47.5 Å². The van der Waals surface area contributed by atoms with Crippen molar-refractivity contribution in [2.75, 3.05) is 31.5 Å². The molecule has 4 aromatic rings. The second kappa shape index (κ2) is 17.2. The van der Waals surface area contributed by atoms with E-state index in [1.807, 2.05) is 12.1 Å². The highest BCUT2D eigenvalue weighted by Gasteiger charge is 2.27. The van der Waals surface area contributed by atoms with E-state index in [1.165, 1.54) is 0 Å². The summed E-state index contributed by atoms with van der Waals surface area (Å²) in [5.41, 5.74) is 2.79. The molecule has 12 nitrogen and oxygen atoms in total. The van der Waals surface area contributed by atoms with Crippen molar-refractivity contribution in [3.8, 4) is 11.1 Å². The highest BCUT2D eigenvalue weighted by Crippen LogP contribution is 2.31. The van der Waals surface area contributed by atoms with Crippen molar-refractivity contribution in [1.29, 1.82) is 0 Å². The van der Waals surface area contributed by atoms with Crippen molar-refractivity contribution in [3.05, 3.63) is 118 Å². The molecule has 1 aliphatic rings. The molecule has 0 radical (unpaired) electrons. The largest absolute Gasteiger partial charge is 0.459 e. The molecule has 5 rings (SSSR count). The van der Waals surface area contributed by atoms with Crippen molar-refractivity contribution < 1.29 is 28.3 Å². The lowest BCUT2D eigenvalue weighted by Gasteiger charge is -2.20. The fraction of sp³-hybridized carbons (Fsp3) is 0.200. The van der Waals surface area contributed by atoms with E-state index in [0.717, 1.165) is 5.56 Å². The number of nitrogens with zero attached hydrogens (tertiary/aromatic N) is 2. The summed E-state index contributed by atoms with van der Waals surface area (Å²) in [6.07, 6.45) is 2.17. The molecule has 2 atom stereocenters. The Kier molecular flexibility index (Phi) is 12.3. The number of esters is 1. The average Bonchev–Trinajstić information content (AvgIpc) is 3.12. The molecule has 3 amide bonds. The molecule has 1 aromatic heterocycles. The van der Waals surface area contributed by atoms with Crippen LogP contribution in [0.4, 0.5) is 10.1 Å². The molecular formula is C35H32Cl2FN7O5. The fourth-order valence-corrected chi connectivity index (χ4v) is 5.42. The van der Waals surface area contributed by atoms with Crippen LogP contribution in [0.1, 0.15) is 26.3 Å². The predicted molar refractivity (Wildman–Crippen MR) is 188 cm³/mol. The van der Waals surface area contributed by atoms with Gasteiger partial charge in [-0.25, -0.2) is 14.2 Å². The number of hydrogen-bond acceptors (Lipinski definition) is 9. The smallest absolute Gasteiger partial charge is 0.330 e. The van der Waals surface area contributed by atoms with Crippen LogP contribution in [-0.2, 0) is 20.9 Å². The highest BCUT2D eigenvalue weighted by atomic mass is 35.5. The van der Waals surface area contributed by atoms with Gasteiger partial charge in [-0.2, -0.15) is 0 Å². The van der Waals surface area contributed by atoms with Crippen LogP contribution in [0.25, 0.3) is 11.1 Å². The molecule has 0 aliphatic carbocycles. The van der Waals surface area contributed by atoms with Crippen molar-refractivity contribution >= 4 is 58.5 Å². The molecule has 50 heavy (non-hydrogen) atoms. The third-order valence-corrected chi connectivity index (χ3v) is 7.91. The molecule has 0 bridgehead atoms. The minimum Gasteiger partial charge on any atom is -0.459 e. The molecule has 15 heteroatoms. The number of ether oxygens (including phenoxy) is 1. The van der Waals surface area contributed by atoms with E-state index in [1.54, 1.807) is 79.1 Å². The molecule has 1 aliphatic heterocycles. The van der Waals surface area contributed by atoms with Gasteiger partial charge in [0.2, 0.25) is 5.91 Å². The molecule has 0 spiro atoms. The lowest BCUT2D eigenvalue weighted by molar-refractivity contribution is -0.147. The molecule has 5 N–H and O–H groups in total. The highest BCUT2D eigenvalue weighted by molar-refractivity contribution is 6.40. The van der Waals surface area contributed by atoms with Gasteiger partial charge >= 0.3 is 5.97 Å². The predicted octanol–water partition coefficient (Wildman–Crippen LogP) is 4.15. The Morgan fingerprint density at radius 3 is 2.40 bits per heavy atom. The summed E-state index contributed by atoms with van der Waals surface area (Å²) >= 11 is 13.0. The summed E-state index contributed by atoms with van der Waals surface area (Å²) in [6, 6.07) is 20.7. The number of benzene rings is 3. The summed E-state index contributed by atoms with van der Waals surface area (Å²) in [7, 11) is 0. The Labute approximate surface area is 296 Å². The topological polar surface area (TPSA) is 163 Å². The number of halogens is 3. The normalized spacial score (nSPS) is 14.3.